The maximum atomic E-state index is 12.6. The van der Waals surface area contributed by atoms with Gasteiger partial charge in [0, 0.05) is 18.0 Å². The van der Waals surface area contributed by atoms with E-state index in [-0.39, 0.29) is 21.5 Å². The van der Waals surface area contributed by atoms with Gasteiger partial charge in [-0.05, 0) is 43.7 Å². The lowest BCUT2D eigenvalue weighted by Gasteiger charge is -2.09. The number of imidazole rings is 1. The summed E-state index contributed by atoms with van der Waals surface area (Å²) in [6, 6.07) is 6.75. The van der Waals surface area contributed by atoms with Gasteiger partial charge in [-0.3, -0.25) is 4.79 Å². The maximum Gasteiger partial charge on any atom is 0.254 e. The molecule has 10 heteroatoms. The molecule has 1 aromatic heterocycles. The molecule has 0 unspecified atom stereocenters. The first-order chi connectivity index (χ1) is 14.2. The third kappa shape index (κ3) is 5.30. The average molecular weight is 466 g/mol. The van der Waals surface area contributed by atoms with Gasteiger partial charge in [-0.2, -0.15) is 0 Å². The number of fused-ring (bicyclic) bond motifs is 1. The number of aryl methyl sites for hydroxylation is 1. The summed E-state index contributed by atoms with van der Waals surface area (Å²) in [5.41, 5.74) is 8.79. The third-order valence-electron chi connectivity index (χ3n) is 4.16. The van der Waals surface area contributed by atoms with Crippen LogP contribution >= 0.6 is 34.8 Å². The number of hydrogen-bond donors (Lipinski definition) is 3. The lowest BCUT2D eigenvalue weighted by atomic mass is 10.2. The quantitative estimate of drug-likeness (QED) is 0.358. The first kappa shape index (κ1) is 22.1. The van der Waals surface area contributed by atoms with Crippen LogP contribution in [-0.2, 0) is 6.42 Å². The van der Waals surface area contributed by atoms with Crippen LogP contribution in [0.4, 0.5) is 5.69 Å². The fourth-order valence-electron chi connectivity index (χ4n) is 2.84. The summed E-state index contributed by atoms with van der Waals surface area (Å²) in [5.74, 6) is 0.731. The number of nitrogens with zero attached hydrogens (tertiary/aromatic N) is 3. The molecule has 0 aliphatic heterocycles. The van der Waals surface area contributed by atoms with Crippen LogP contribution in [-0.4, -0.2) is 34.6 Å². The van der Waals surface area contributed by atoms with Crippen molar-refractivity contribution in [3.63, 3.8) is 0 Å². The molecule has 3 aromatic rings. The molecular formula is C20H19Cl3N6O. The van der Waals surface area contributed by atoms with E-state index in [1.54, 1.807) is 6.92 Å². The second-order valence-corrected chi connectivity index (χ2v) is 7.86. The molecule has 2 aromatic carbocycles. The van der Waals surface area contributed by atoms with Gasteiger partial charge in [-0.25, -0.2) is 15.0 Å². The molecule has 0 bridgehead atoms. The van der Waals surface area contributed by atoms with Gasteiger partial charge in [-0.15, -0.1) is 0 Å². The minimum atomic E-state index is -0.383. The van der Waals surface area contributed by atoms with E-state index < -0.39 is 0 Å². The van der Waals surface area contributed by atoms with Crippen molar-refractivity contribution in [1.82, 2.24) is 15.3 Å². The van der Waals surface area contributed by atoms with Crippen molar-refractivity contribution in [3.8, 4) is 0 Å². The predicted molar refractivity (Wildman–Crippen MR) is 124 cm³/mol. The Bertz CT molecular complexity index is 1140. The van der Waals surface area contributed by atoms with Crippen LogP contribution in [0.25, 0.3) is 11.0 Å². The van der Waals surface area contributed by atoms with Crippen LogP contribution < -0.4 is 11.1 Å². The van der Waals surface area contributed by atoms with Gasteiger partial charge in [0.05, 0.1) is 38.2 Å². The average Bonchev–Trinajstić information content (AvgIpc) is 3.04. The number of hydrogen-bond acceptors (Lipinski definition) is 3. The van der Waals surface area contributed by atoms with E-state index in [0.29, 0.717) is 29.5 Å². The molecule has 30 heavy (non-hydrogen) atoms. The van der Waals surface area contributed by atoms with Gasteiger partial charge < -0.3 is 16.0 Å². The monoisotopic (exact) mass is 464 g/mol. The van der Waals surface area contributed by atoms with Crippen molar-refractivity contribution in [3.05, 3.63) is 56.3 Å². The summed E-state index contributed by atoms with van der Waals surface area (Å²) in [6.45, 7) is 3.94. The molecule has 1 amide bonds. The molecule has 3 rings (SSSR count). The number of benzene rings is 2. The van der Waals surface area contributed by atoms with Gasteiger partial charge in [-0.1, -0.05) is 34.8 Å². The third-order valence-corrected chi connectivity index (χ3v) is 4.97. The fourth-order valence-corrected chi connectivity index (χ4v) is 3.76. The largest absolute Gasteiger partial charge is 0.387 e. The lowest BCUT2D eigenvalue weighted by Crippen LogP contribution is -2.26. The predicted octanol–water partition coefficient (Wildman–Crippen LogP) is 4.84. The van der Waals surface area contributed by atoms with E-state index in [9.17, 15) is 4.79 Å². The van der Waals surface area contributed by atoms with E-state index in [2.05, 4.69) is 25.3 Å². The number of amides is 1. The highest BCUT2D eigenvalue weighted by Crippen LogP contribution is 2.30. The lowest BCUT2D eigenvalue weighted by molar-refractivity contribution is 0.0954. The Balaban J connectivity index is 1.67. The summed E-state index contributed by atoms with van der Waals surface area (Å²) in [4.78, 5) is 28.3. The zero-order chi connectivity index (χ0) is 21.8. The Hall–Kier alpha value is -2.61. The normalized spacial score (nSPS) is 12.1. The van der Waals surface area contributed by atoms with Crippen molar-refractivity contribution in [2.24, 2.45) is 15.7 Å². The van der Waals surface area contributed by atoms with Gasteiger partial charge in [0.1, 0.15) is 12.2 Å². The second-order valence-electron chi connectivity index (χ2n) is 6.61. The van der Waals surface area contributed by atoms with Crippen molar-refractivity contribution < 1.29 is 4.79 Å². The molecule has 0 saturated carbocycles. The highest BCUT2D eigenvalue weighted by Gasteiger charge is 2.16. The molecule has 156 valence electrons. The first-order valence-corrected chi connectivity index (χ1v) is 10.1. The van der Waals surface area contributed by atoms with E-state index >= 15 is 0 Å². The zero-order valence-corrected chi connectivity index (χ0v) is 18.5. The number of halogens is 3. The Morgan fingerprint density at radius 2 is 1.93 bits per heavy atom. The standard InChI is InChI=1S/C20H19Cl3N6O/c1-10-5-12(21)6-16-19(10)29-17(28-16)3-4-25-20(30)18-14(22)7-13(8-15(18)23)27-9-26-11(2)24/h5-9H,3-4H2,1-2H3,(H,25,30)(H,28,29)(H2,24,26,27). The number of nitrogens with one attached hydrogen (secondary N) is 2. The molecule has 7 nitrogen and oxygen atoms in total. The van der Waals surface area contributed by atoms with E-state index in [4.69, 9.17) is 40.5 Å². The Morgan fingerprint density at radius 1 is 1.23 bits per heavy atom. The Morgan fingerprint density at radius 3 is 2.60 bits per heavy atom. The summed E-state index contributed by atoms with van der Waals surface area (Å²) < 4.78 is 0. The number of aromatic amines is 1. The highest BCUT2D eigenvalue weighted by atomic mass is 35.5. The molecule has 0 atom stereocenters. The minimum Gasteiger partial charge on any atom is -0.387 e. The van der Waals surface area contributed by atoms with Gasteiger partial charge in [0.2, 0.25) is 0 Å². The van der Waals surface area contributed by atoms with Crippen molar-refractivity contribution >= 4 is 69.6 Å². The van der Waals surface area contributed by atoms with E-state index in [0.717, 1.165) is 22.4 Å². The number of nitrogens with two attached hydrogens (primary N) is 1. The summed E-state index contributed by atoms with van der Waals surface area (Å²) in [5, 5.41) is 3.83. The van der Waals surface area contributed by atoms with Crippen LogP contribution in [0.15, 0.2) is 34.3 Å². The summed E-state index contributed by atoms with van der Waals surface area (Å²) >= 11 is 18.6. The maximum absolute atomic E-state index is 12.6. The molecule has 0 radical (unpaired) electrons. The fraction of sp³-hybridized carbons (Fsp3) is 0.200. The number of H-pyrrole nitrogens is 1. The Kier molecular flexibility index (Phi) is 6.97. The van der Waals surface area contributed by atoms with Gasteiger partial charge in [0.25, 0.3) is 5.91 Å². The molecule has 4 N–H and O–H groups in total. The van der Waals surface area contributed by atoms with Crippen LogP contribution in [0, 0.1) is 6.92 Å². The smallest absolute Gasteiger partial charge is 0.254 e. The van der Waals surface area contributed by atoms with E-state index in [1.807, 2.05) is 19.1 Å². The minimum absolute atomic E-state index is 0.183. The summed E-state index contributed by atoms with van der Waals surface area (Å²) in [7, 11) is 0. The van der Waals surface area contributed by atoms with E-state index in [1.165, 1.54) is 18.5 Å². The molecule has 1 heterocycles. The number of aromatic nitrogens is 2. The van der Waals surface area contributed by atoms with Crippen molar-refractivity contribution in [2.75, 3.05) is 6.54 Å². The molecule has 0 saturated heterocycles. The summed E-state index contributed by atoms with van der Waals surface area (Å²) in [6.07, 6.45) is 1.80. The van der Waals surface area contributed by atoms with Gasteiger partial charge >= 0.3 is 0 Å². The second kappa shape index (κ2) is 9.47. The van der Waals surface area contributed by atoms with Crippen LogP contribution in [0.5, 0.6) is 0 Å². The van der Waals surface area contributed by atoms with Crippen LogP contribution in [0.2, 0.25) is 15.1 Å². The molecule has 0 spiro atoms. The molecular weight excluding hydrogens is 447 g/mol. The molecule has 0 fully saturated rings. The zero-order valence-electron chi connectivity index (χ0n) is 16.3. The van der Waals surface area contributed by atoms with Crippen LogP contribution in [0.3, 0.4) is 0 Å². The number of amidine groups is 1. The number of aliphatic imine (C=N–C) groups is 2. The number of carbonyl (C=O) groups excluding carboxylic acids is 1. The molecule has 0 aliphatic carbocycles. The van der Waals surface area contributed by atoms with Crippen molar-refractivity contribution in [1.29, 1.82) is 0 Å². The van der Waals surface area contributed by atoms with Crippen LogP contribution in [0.1, 0.15) is 28.7 Å². The van der Waals surface area contributed by atoms with Gasteiger partial charge in [0.15, 0.2) is 0 Å². The topological polar surface area (TPSA) is 109 Å². The SMILES string of the molecule is CC(N)=NC=Nc1cc(Cl)c(C(=O)NCCc2nc3c(C)cc(Cl)cc3[nH]2)c(Cl)c1. The molecule has 0 aliphatic rings. The Labute approximate surface area is 188 Å². The van der Waals surface area contributed by atoms with Crippen molar-refractivity contribution in [2.45, 2.75) is 20.3 Å². The first-order valence-electron chi connectivity index (χ1n) is 8.99. The number of carbonyl (C=O) groups is 1. The number of rotatable bonds is 6. The highest BCUT2D eigenvalue weighted by molar-refractivity contribution is 6.40.